The van der Waals surface area contributed by atoms with Gasteiger partial charge in [-0.3, -0.25) is 0 Å². The SMILES string of the molecule is CN(C)[Si](C)(C)CCC(F)(F)C(F)(F)C(F)(F)C(F)(F)C(F)(F)C(F)(F)C(F)(F)F. The summed E-state index contributed by atoms with van der Waals surface area (Å²) in [5, 5.41) is 0. The standard InChI is InChI=1S/C13H16F15NSi/c1-29(2)30(3,4)6-5-7(14,15)8(16,17)9(18,19)10(20,21)11(22,23)12(24,25)13(26,27)28/h5-6H2,1-4H3. The molecule has 0 aliphatic rings. The third-order valence-electron chi connectivity index (χ3n) is 4.65. The van der Waals surface area contributed by atoms with Gasteiger partial charge in [-0.25, -0.2) is 0 Å². The fourth-order valence-corrected chi connectivity index (χ4v) is 3.22. The highest BCUT2D eigenvalue weighted by Gasteiger charge is 2.93. The Morgan fingerprint density at radius 2 is 0.833 bits per heavy atom. The van der Waals surface area contributed by atoms with Crippen LogP contribution in [0.3, 0.4) is 0 Å². The van der Waals surface area contributed by atoms with E-state index in [0.717, 1.165) is 0 Å². The zero-order chi connectivity index (χ0) is 25.0. The summed E-state index contributed by atoms with van der Waals surface area (Å²) in [4.78, 5) is 0. The van der Waals surface area contributed by atoms with Crippen molar-refractivity contribution >= 4 is 8.24 Å². The summed E-state index contributed by atoms with van der Waals surface area (Å²) in [5.41, 5.74) is 0. The van der Waals surface area contributed by atoms with Crippen LogP contribution in [0.4, 0.5) is 65.9 Å². The number of nitrogens with zero attached hydrogens (tertiary/aromatic N) is 1. The maximum atomic E-state index is 13.7. The lowest BCUT2D eigenvalue weighted by molar-refractivity contribution is -0.452. The maximum Gasteiger partial charge on any atom is 0.460 e. The number of rotatable bonds is 9. The number of alkyl halides is 15. The second-order valence-corrected chi connectivity index (χ2v) is 12.3. The molecule has 0 heterocycles. The molecule has 0 saturated carbocycles. The summed E-state index contributed by atoms with van der Waals surface area (Å²) in [6, 6.07) is -0.973. The molecule has 0 N–H and O–H groups in total. The highest BCUT2D eigenvalue weighted by molar-refractivity contribution is 6.74. The molecule has 0 fully saturated rings. The molecular weight excluding hydrogens is 483 g/mol. The number of halogens is 15. The second kappa shape index (κ2) is 7.62. The molecule has 0 aliphatic carbocycles. The Bertz CT molecular complexity index is 608. The first kappa shape index (κ1) is 29.1. The Morgan fingerprint density at radius 3 is 1.13 bits per heavy atom. The van der Waals surface area contributed by atoms with Crippen LogP contribution in [0.25, 0.3) is 0 Å². The quantitative estimate of drug-likeness (QED) is 0.258. The minimum absolute atomic E-state index is 0.973. The summed E-state index contributed by atoms with van der Waals surface area (Å²) in [7, 11) is -0.429. The van der Waals surface area contributed by atoms with Crippen molar-refractivity contribution in [1.82, 2.24) is 4.57 Å². The largest absolute Gasteiger partial charge is 0.460 e. The lowest BCUT2D eigenvalue weighted by atomic mass is 9.90. The van der Waals surface area contributed by atoms with Crippen LogP contribution in [0.5, 0.6) is 0 Å². The topological polar surface area (TPSA) is 3.24 Å². The summed E-state index contributed by atoms with van der Waals surface area (Å²) < 4.78 is 197. The molecular formula is C13H16F15NSi. The molecule has 0 rings (SSSR count). The Morgan fingerprint density at radius 1 is 0.533 bits per heavy atom. The van der Waals surface area contributed by atoms with Gasteiger partial charge in [0.2, 0.25) is 0 Å². The van der Waals surface area contributed by atoms with Crippen LogP contribution in [0.2, 0.25) is 19.1 Å². The van der Waals surface area contributed by atoms with Crippen LogP contribution in [-0.4, -0.2) is 68.6 Å². The summed E-state index contributed by atoms with van der Waals surface area (Å²) in [6.07, 6.45) is -9.85. The molecule has 0 amide bonds. The predicted octanol–water partition coefficient (Wildman–Crippen LogP) is 6.52. The van der Waals surface area contributed by atoms with Crippen LogP contribution >= 0.6 is 0 Å². The lowest BCUT2D eigenvalue weighted by Crippen LogP contribution is -2.72. The van der Waals surface area contributed by atoms with Crippen molar-refractivity contribution in [3.63, 3.8) is 0 Å². The van der Waals surface area contributed by atoms with E-state index in [9.17, 15) is 65.9 Å². The molecule has 0 spiro atoms. The molecule has 30 heavy (non-hydrogen) atoms. The zero-order valence-electron chi connectivity index (χ0n) is 15.5. The number of hydrogen-bond acceptors (Lipinski definition) is 1. The van der Waals surface area contributed by atoms with Gasteiger partial charge in [0.1, 0.15) is 8.24 Å². The molecule has 182 valence electrons. The molecule has 0 aromatic carbocycles. The van der Waals surface area contributed by atoms with E-state index in [2.05, 4.69) is 0 Å². The minimum atomic E-state index is -8.22. The molecule has 0 atom stereocenters. The highest BCUT2D eigenvalue weighted by Crippen LogP contribution is 2.62. The van der Waals surface area contributed by atoms with Crippen LogP contribution in [0.15, 0.2) is 0 Å². The first-order valence-corrected chi connectivity index (χ1v) is 10.8. The predicted molar refractivity (Wildman–Crippen MR) is 76.3 cm³/mol. The van der Waals surface area contributed by atoms with E-state index < -0.39 is 62.4 Å². The van der Waals surface area contributed by atoms with Crippen molar-refractivity contribution in [1.29, 1.82) is 0 Å². The zero-order valence-corrected chi connectivity index (χ0v) is 16.5. The van der Waals surface area contributed by atoms with Gasteiger partial charge < -0.3 is 4.57 Å². The minimum Gasteiger partial charge on any atom is -0.329 e. The van der Waals surface area contributed by atoms with E-state index in [-0.39, 0.29) is 0 Å². The van der Waals surface area contributed by atoms with Gasteiger partial charge in [0.15, 0.2) is 0 Å². The van der Waals surface area contributed by atoms with Gasteiger partial charge >= 0.3 is 41.7 Å². The van der Waals surface area contributed by atoms with Crippen molar-refractivity contribution in [3.8, 4) is 0 Å². The Labute approximate surface area is 161 Å². The first-order valence-electron chi connectivity index (χ1n) is 7.66. The molecule has 0 saturated heterocycles. The fourth-order valence-electron chi connectivity index (χ4n) is 1.84. The lowest BCUT2D eigenvalue weighted by Gasteiger charge is -2.42. The van der Waals surface area contributed by atoms with Crippen molar-refractivity contribution < 1.29 is 65.9 Å². The molecule has 0 aromatic rings. The monoisotopic (exact) mass is 499 g/mol. The van der Waals surface area contributed by atoms with E-state index in [1.54, 1.807) is 0 Å². The van der Waals surface area contributed by atoms with Gasteiger partial charge in [-0.05, 0) is 20.1 Å². The van der Waals surface area contributed by atoms with Crippen LogP contribution in [0.1, 0.15) is 6.42 Å². The molecule has 0 unspecified atom stereocenters. The van der Waals surface area contributed by atoms with Crippen molar-refractivity contribution in [3.05, 3.63) is 0 Å². The van der Waals surface area contributed by atoms with E-state index in [0.29, 0.717) is 0 Å². The van der Waals surface area contributed by atoms with Crippen LogP contribution in [-0.2, 0) is 0 Å². The van der Waals surface area contributed by atoms with Gasteiger partial charge in [0.25, 0.3) is 0 Å². The van der Waals surface area contributed by atoms with E-state index in [1.807, 2.05) is 0 Å². The van der Waals surface area contributed by atoms with Gasteiger partial charge in [-0.1, -0.05) is 13.1 Å². The second-order valence-electron chi connectivity index (χ2n) is 7.28. The molecule has 0 aromatic heterocycles. The molecule has 1 nitrogen and oxygen atoms in total. The highest BCUT2D eigenvalue weighted by atomic mass is 28.3. The fraction of sp³-hybridized carbons (Fsp3) is 1.00. The third-order valence-corrected chi connectivity index (χ3v) is 8.55. The third kappa shape index (κ3) is 4.23. The molecule has 17 heteroatoms. The van der Waals surface area contributed by atoms with E-state index in [4.69, 9.17) is 0 Å². The Hall–Kier alpha value is -0.873. The summed E-state index contributed by atoms with van der Waals surface area (Å²) in [5.74, 6) is -45.9. The smallest absolute Gasteiger partial charge is 0.329 e. The van der Waals surface area contributed by atoms with E-state index in [1.165, 1.54) is 31.8 Å². The average Bonchev–Trinajstić information content (AvgIpc) is 2.50. The molecule has 0 bridgehead atoms. The van der Waals surface area contributed by atoms with Crippen LogP contribution in [0, 0.1) is 0 Å². The van der Waals surface area contributed by atoms with Gasteiger partial charge in [-0.2, -0.15) is 65.9 Å². The molecule has 0 aliphatic heterocycles. The Balaban J connectivity index is 6.29. The summed E-state index contributed by atoms with van der Waals surface area (Å²) in [6.45, 7) is 2.51. The van der Waals surface area contributed by atoms with Gasteiger partial charge in [0.05, 0.1) is 0 Å². The first-order chi connectivity index (χ1) is 12.7. The van der Waals surface area contributed by atoms with Crippen LogP contribution < -0.4 is 0 Å². The van der Waals surface area contributed by atoms with Crippen molar-refractivity contribution in [2.24, 2.45) is 0 Å². The normalized spacial score (nSPS) is 16.4. The van der Waals surface area contributed by atoms with Gasteiger partial charge in [-0.15, -0.1) is 0 Å². The number of hydrogen-bond donors (Lipinski definition) is 0. The molecule has 0 radical (unpaired) electrons. The Kier molecular flexibility index (Phi) is 7.40. The maximum absolute atomic E-state index is 13.7. The summed E-state index contributed by atoms with van der Waals surface area (Å²) >= 11 is 0. The van der Waals surface area contributed by atoms with Crippen molar-refractivity contribution in [2.45, 2.75) is 67.3 Å². The van der Waals surface area contributed by atoms with Crippen molar-refractivity contribution in [2.75, 3.05) is 14.1 Å². The average molecular weight is 499 g/mol. The van der Waals surface area contributed by atoms with E-state index >= 15 is 0 Å². The van der Waals surface area contributed by atoms with Gasteiger partial charge in [0, 0.05) is 6.42 Å².